The van der Waals surface area contributed by atoms with Crippen LogP contribution in [-0.2, 0) is 11.3 Å². The van der Waals surface area contributed by atoms with E-state index in [2.05, 4.69) is 25.9 Å². The van der Waals surface area contributed by atoms with E-state index in [1.165, 1.54) is 25.4 Å². The number of hydrogen-bond donors (Lipinski definition) is 3. The van der Waals surface area contributed by atoms with Crippen molar-refractivity contribution in [3.63, 3.8) is 0 Å². The molecule has 0 fully saturated rings. The summed E-state index contributed by atoms with van der Waals surface area (Å²) in [5.74, 6) is -0.615. The average molecular weight is 379 g/mol. The highest BCUT2D eigenvalue weighted by molar-refractivity contribution is 6.04. The molecular formula is C20H18FN5O2. The maximum absolute atomic E-state index is 13.6. The van der Waals surface area contributed by atoms with Crippen molar-refractivity contribution < 1.29 is 14.0 Å². The van der Waals surface area contributed by atoms with E-state index >= 15 is 0 Å². The summed E-state index contributed by atoms with van der Waals surface area (Å²) in [6, 6.07) is 13.2. The van der Waals surface area contributed by atoms with Gasteiger partial charge in [-0.1, -0.05) is 24.3 Å². The number of nitrogens with zero attached hydrogens (tertiary/aromatic N) is 2. The van der Waals surface area contributed by atoms with E-state index in [1.54, 1.807) is 42.5 Å². The van der Waals surface area contributed by atoms with Crippen molar-refractivity contribution in [2.24, 2.45) is 0 Å². The van der Waals surface area contributed by atoms with Crippen LogP contribution in [0.1, 0.15) is 22.8 Å². The van der Waals surface area contributed by atoms with Crippen LogP contribution in [0.4, 0.5) is 21.7 Å². The van der Waals surface area contributed by atoms with Crippen molar-refractivity contribution in [2.45, 2.75) is 13.5 Å². The Labute approximate surface area is 161 Å². The molecule has 8 heteroatoms. The molecule has 0 aliphatic heterocycles. The molecule has 7 nitrogen and oxygen atoms in total. The van der Waals surface area contributed by atoms with Crippen LogP contribution < -0.4 is 16.0 Å². The summed E-state index contributed by atoms with van der Waals surface area (Å²) in [7, 11) is 0. The molecule has 0 unspecified atom stereocenters. The van der Waals surface area contributed by atoms with Gasteiger partial charge in [-0.25, -0.2) is 14.4 Å². The van der Waals surface area contributed by atoms with Gasteiger partial charge < -0.3 is 16.0 Å². The van der Waals surface area contributed by atoms with Gasteiger partial charge in [-0.3, -0.25) is 9.59 Å². The van der Waals surface area contributed by atoms with Gasteiger partial charge >= 0.3 is 0 Å². The Hall–Kier alpha value is -3.81. The molecule has 3 N–H and O–H groups in total. The van der Waals surface area contributed by atoms with E-state index < -0.39 is 0 Å². The molecule has 0 spiro atoms. The molecule has 0 radical (unpaired) electrons. The zero-order valence-electron chi connectivity index (χ0n) is 15.1. The van der Waals surface area contributed by atoms with Crippen LogP contribution in [0.2, 0.25) is 0 Å². The van der Waals surface area contributed by atoms with Gasteiger partial charge in [0.1, 0.15) is 5.82 Å². The summed E-state index contributed by atoms with van der Waals surface area (Å²) in [5, 5.41) is 8.27. The predicted octanol–water partition coefficient (Wildman–Crippen LogP) is 3.44. The number of halogens is 1. The molecule has 0 aliphatic rings. The first-order valence-electron chi connectivity index (χ1n) is 8.49. The van der Waals surface area contributed by atoms with Crippen molar-refractivity contribution in [1.29, 1.82) is 0 Å². The van der Waals surface area contributed by atoms with Crippen LogP contribution in [-0.4, -0.2) is 21.8 Å². The Bertz CT molecular complexity index is 992. The van der Waals surface area contributed by atoms with Gasteiger partial charge in [0, 0.05) is 42.8 Å². The summed E-state index contributed by atoms with van der Waals surface area (Å²) < 4.78 is 13.6. The minimum absolute atomic E-state index is 0.199. The fourth-order valence-electron chi connectivity index (χ4n) is 2.43. The highest BCUT2D eigenvalue weighted by Gasteiger charge is 2.09. The number of aromatic nitrogens is 2. The van der Waals surface area contributed by atoms with Crippen LogP contribution in [0.3, 0.4) is 0 Å². The third kappa shape index (κ3) is 5.10. The number of nitrogens with one attached hydrogen (secondary N) is 3. The number of benzene rings is 2. The summed E-state index contributed by atoms with van der Waals surface area (Å²) in [5.41, 5.74) is 1.86. The van der Waals surface area contributed by atoms with Crippen LogP contribution in [0.15, 0.2) is 60.9 Å². The second kappa shape index (κ2) is 8.72. The molecule has 2 aromatic carbocycles. The molecule has 142 valence electrons. The van der Waals surface area contributed by atoms with Crippen molar-refractivity contribution in [1.82, 2.24) is 9.97 Å². The van der Waals surface area contributed by atoms with Gasteiger partial charge in [-0.15, -0.1) is 0 Å². The molecule has 0 bridgehead atoms. The zero-order chi connectivity index (χ0) is 19.9. The first kappa shape index (κ1) is 19.0. The largest absolute Gasteiger partial charge is 0.350 e. The topological polar surface area (TPSA) is 96.0 Å². The highest BCUT2D eigenvalue weighted by Crippen LogP contribution is 2.16. The number of carbonyl (C=O) groups excluding carboxylic acids is 2. The van der Waals surface area contributed by atoms with E-state index in [4.69, 9.17) is 0 Å². The lowest BCUT2D eigenvalue weighted by Gasteiger charge is -2.09. The fourth-order valence-corrected chi connectivity index (χ4v) is 2.43. The third-order valence-electron chi connectivity index (χ3n) is 3.75. The molecule has 2 amide bonds. The normalized spacial score (nSPS) is 10.2. The van der Waals surface area contributed by atoms with E-state index in [9.17, 15) is 14.0 Å². The Morgan fingerprint density at radius 1 is 0.964 bits per heavy atom. The second-order valence-corrected chi connectivity index (χ2v) is 5.96. The van der Waals surface area contributed by atoms with Gasteiger partial charge in [0.15, 0.2) is 0 Å². The number of amides is 2. The van der Waals surface area contributed by atoms with Crippen LogP contribution in [0.5, 0.6) is 0 Å². The Morgan fingerprint density at radius 2 is 1.64 bits per heavy atom. The Kier molecular flexibility index (Phi) is 5.91. The maximum atomic E-state index is 13.6. The van der Waals surface area contributed by atoms with Gasteiger partial charge in [0.05, 0.1) is 5.56 Å². The van der Waals surface area contributed by atoms with Crippen molar-refractivity contribution >= 4 is 29.1 Å². The van der Waals surface area contributed by atoms with Crippen molar-refractivity contribution in [3.8, 4) is 0 Å². The Balaban J connectivity index is 1.61. The standard InChI is InChI=1S/C20H18FN5O2/c1-13(27)25-16-6-4-7-17(9-16)26-19(28)15-11-23-20(24-12-15)22-10-14-5-2-3-8-18(14)21/h2-9,11-12H,10H2,1H3,(H,25,27)(H,26,28)(H,22,23,24). The van der Waals surface area contributed by atoms with Crippen molar-refractivity contribution in [3.05, 3.63) is 77.9 Å². The molecule has 1 heterocycles. The molecule has 1 aromatic heterocycles. The monoisotopic (exact) mass is 379 g/mol. The van der Waals surface area contributed by atoms with E-state index in [-0.39, 0.29) is 35.7 Å². The number of rotatable bonds is 6. The quantitative estimate of drug-likeness (QED) is 0.610. The van der Waals surface area contributed by atoms with Gasteiger partial charge in [-0.05, 0) is 24.3 Å². The molecule has 0 atom stereocenters. The average Bonchev–Trinajstić information content (AvgIpc) is 2.67. The first-order valence-corrected chi connectivity index (χ1v) is 8.49. The summed E-state index contributed by atoms with van der Waals surface area (Å²) in [6.45, 7) is 1.64. The van der Waals surface area contributed by atoms with E-state index in [1.807, 2.05) is 0 Å². The summed E-state index contributed by atoms with van der Waals surface area (Å²) in [4.78, 5) is 31.6. The predicted molar refractivity (Wildman–Crippen MR) is 104 cm³/mol. The smallest absolute Gasteiger partial charge is 0.258 e. The minimum atomic E-state index is -0.388. The summed E-state index contributed by atoms with van der Waals surface area (Å²) >= 11 is 0. The SMILES string of the molecule is CC(=O)Nc1cccc(NC(=O)c2cnc(NCc3ccccc3F)nc2)c1. The maximum Gasteiger partial charge on any atom is 0.258 e. The number of anilines is 3. The summed E-state index contributed by atoms with van der Waals surface area (Å²) in [6.07, 6.45) is 2.76. The number of carbonyl (C=O) groups is 2. The van der Waals surface area contributed by atoms with Crippen LogP contribution in [0.25, 0.3) is 0 Å². The van der Waals surface area contributed by atoms with Gasteiger partial charge in [-0.2, -0.15) is 0 Å². The molecule has 0 aliphatic carbocycles. The Morgan fingerprint density at radius 3 is 2.32 bits per heavy atom. The van der Waals surface area contributed by atoms with E-state index in [0.717, 1.165) is 0 Å². The lowest BCUT2D eigenvalue weighted by Crippen LogP contribution is -2.14. The molecule has 0 saturated heterocycles. The molecule has 0 saturated carbocycles. The second-order valence-electron chi connectivity index (χ2n) is 5.96. The molecule has 28 heavy (non-hydrogen) atoms. The molecule has 3 rings (SSSR count). The lowest BCUT2D eigenvalue weighted by atomic mass is 10.2. The van der Waals surface area contributed by atoms with Gasteiger partial charge in [0.25, 0.3) is 5.91 Å². The third-order valence-corrected chi connectivity index (χ3v) is 3.75. The highest BCUT2D eigenvalue weighted by atomic mass is 19.1. The van der Waals surface area contributed by atoms with E-state index in [0.29, 0.717) is 16.9 Å². The first-order chi connectivity index (χ1) is 13.5. The number of hydrogen-bond acceptors (Lipinski definition) is 5. The zero-order valence-corrected chi connectivity index (χ0v) is 15.1. The fraction of sp³-hybridized carbons (Fsp3) is 0.100. The molecular weight excluding hydrogens is 361 g/mol. The van der Waals surface area contributed by atoms with Gasteiger partial charge in [0.2, 0.25) is 11.9 Å². The lowest BCUT2D eigenvalue weighted by molar-refractivity contribution is -0.114. The minimum Gasteiger partial charge on any atom is -0.350 e. The van der Waals surface area contributed by atoms with Crippen LogP contribution in [0, 0.1) is 5.82 Å². The van der Waals surface area contributed by atoms with Crippen LogP contribution >= 0.6 is 0 Å². The van der Waals surface area contributed by atoms with Crippen molar-refractivity contribution in [2.75, 3.05) is 16.0 Å². The molecule has 3 aromatic rings.